The molecular formula is C30H28F5N3O6. The Balaban J connectivity index is 1.50. The number of benzene rings is 2. The summed E-state index contributed by atoms with van der Waals surface area (Å²) in [6, 6.07) is 5.91. The summed E-state index contributed by atoms with van der Waals surface area (Å²) in [6.07, 6.45) is -2.58. The highest BCUT2D eigenvalue weighted by molar-refractivity contribution is 6.05. The third-order valence-corrected chi connectivity index (χ3v) is 7.70. The van der Waals surface area contributed by atoms with Gasteiger partial charge in [0.2, 0.25) is 5.91 Å². The normalized spacial score (nSPS) is 20.2. The number of aromatic nitrogens is 1. The monoisotopic (exact) mass is 621 g/mol. The molecule has 2 aliphatic heterocycles. The van der Waals surface area contributed by atoms with Crippen molar-refractivity contribution in [2.45, 2.75) is 38.2 Å². The van der Waals surface area contributed by atoms with Crippen molar-refractivity contribution in [3.8, 4) is 11.5 Å². The lowest BCUT2D eigenvalue weighted by atomic mass is 9.92. The van der Waals surface area contributed by atoms with Gasteiger partial charge in [-0.25, -0.2) is 8.78 Å². The van der Waals surface area contributed by atoms with E-state index in [1.165, 1.54) is 11.7 Å². The van der Waals surface area contributed by atoms with E-state index >= 15 is 8.78 Å². The summed E-state index contributed by atoms with van der Waals surface area (Å²) in [4.78, 5) is 41.8. The standard InChI is InChI=1S/C30H28F5N3O6/c1-16-7-9-37(13-17-8-10-43-15-17)29(41)26(16)38-14-21(24-22(31)11-20(42-2)12-23(24)32)25(28(38)40)36-27(39)18-3-5-19(6-4-18)44-30(33,34)35/h3-7,9,11-12,17,21,25H,8,10,13-15H2,1-2H3,(H,36,39)/t17?,21-,25?/m0/s1. The fourth-order valence-corrected chi connectivity index (χ4v) is 5.55. The van der Waals surface area contributed by atoms with E-state index in [2.05, 4.69) is 10.1 Å². The van der Waals surface area contributed by atoms with E-state index in [9.17, 15) is 27.6 Å². The van der Waals surface area contributed by atoms with Crippen LogP contribution in [0.3, 0.4) is 0 Å². The Labute approximate surface area is 248 Å². The van der Waals surface area contributed by atoms with Gasteiger partial charge in [0.1, 0.15) is 34.9 Å². The molecule has 2 aromatic carbocycles. The first kappa shape index (κ1) is 31.0. The highest BCUT2D eigenvalue weighted by Gasteiger charge is 2.46. The van der Waals surface area contributed by atoms with Gasteiger partial charge < -0.3 is 29.0 Å². The third kappa shape index (κ3) is 6.39. The highest BCUT2D eigenvalue weighted by atomic mass is 19.4. The van der Waals surface area contributed by atoms with E-state index in [4.69, 9.17) is 9.47 Å². The van der Waals surface area contributed by atoms with E-state index in [0.717, 1.165) is 47.7 Å². The SMILES string of the molecule is COc1cc(F)c([C@@H]2CN(c3c(C)ccn(CC4CCOC4)c3=O)C(=O)C2NC(=O)c2ccc(OC(F)(F)F)cc2)c(F)c1. The molecule has 1 N–H and O–H groups in total. The number of carbonyl (C=O) groups is 2. The van der Waals surface area contributed by atoms with Gasteiger partial charge in [0.05, 0.1) is 13.7 Å². The van der Waals surface area contributed by atoms with E-state index in [1.54, 1.807) is 19.2 Å². The molecule has 5 rings (SSSR count). The van der Waals surface area contributed by atoms with Gasteiger partial charge >= 0.3 is 6.36 Å². The lowest BCUT2D eigenvalue weighted by molar-refractivity contribution is -0.274. The van der Waals surface area contributed by atoms with Gasteiger partial charge in [-0.3, -0.25) is 14.4 Å². The van der Waals surface area contributed by atoms with Crippen LogP contribution in [0.25, 0.3) is 0 Å². The van der Waals surface area contributed by atoms with Gasteiger partial charge in [0.15, 0.2) is 0 Å². The molecule has 2 saturated heterocycles. The highest BCUT2D eigenvalue weighted by Crippen LogP contribution is 2.37. The number of amides is 2. The number of carbonyl (C=O) groups excluding carboxylic acids is 2. The number of pyridine rings is 1. The second-order valence-electron chi connectivity index (χ2n) is 10.6. The Kier molecular flexibility index (Phi) is 8.64. The van der Waals surface area contributed by atoms with E-state index < -0.39 is 58.6 Å². The Morgan fingerprint density at radius 2 is 1.75 bits per heavy atom. The van der Waals surface area contributed by atoms with Crippen LogP contribution in [0.5, 0.6) is 11.5 Å². The van der Waals surface area contributed by atoms with Crippen molar-refractivity contribution in [1.82, 2.24) is 9.88 Å². The maximum Gasteiger partial charge on any atom is 0.573 e. The fourth-order valence-electron chi connectivity index (χ4n) is 5.55. The smallest absolute Gasteiger partial charge is 0.497 e. The maximum absolute atomic E-state index is 15.3. The second-order valence-corrected chi connectivity index (χ2v) is 10.6. The average Bonchev–Trinajstić information content (AvgIpc) is 3.58. The van der Waals surface area contributed by atoms with Crippen molar-refractivity contribution in [1.29, 1.82) is 0 Å². The summed E-state index contributed by atoms with van der Waals surface area (Å²) in [5.74, 6) is -5.63. The molecule has 0 saturated carbocycles. The first-order chi connectivity index (χ1) is 20.9. The lowest BCUT2D eigenvalue weighted by Crippen LogP contribution is -2.45. The molecule has 2 amide bonds. The second kappa shape index (κ2) is 12.3. The fraction of sp³-hybridized carbons (Fsp3) is 0.367. The van der Waals surface area contributed by atoms with Crippen LogP contribution in [0.1, 0.15) is 33.8 Å². The van der Waals surface area contributed by atoms with Crippen LogP contribution in [0.4, 0.5) is 27.6 Å². The molecular weight excluding hydrogens is 593 g/mol. The van der Waals surface area contributed by atoms with Crippen LogP contribution < -0.4 is 25.2 Å². The summed E-state index contributed by atoms with van der Waals surface area (Å²) in [7, 11) is 1.23. The minimum absolute atomic E-state index is 0.00106. The predicted octanol–water partition coefficient (Wildman–Crippen LogP) is 4.31. The Morgan fingerprint density at radius 1 is 1.07 bits per heavy atom. The molecule has 2 fully saturated rings. The number of alkyl halides is 3. The van der Waals surface area contributed by atoms with Crippen LogP contribution in [-0.2, 0) is 16.1 Å². The van der Waals surface area contributed by atoms with Gasteiger partial charge in [-0.2, -0.15) is 0 Å². The largest absolute Gasteiger partial charge is 0.573 e. The summed E-state index contributed by atoms with van der Waals surface area (Å²) in [5.41, 5.74) is -0.702. The molecule has 0 aliphatic carbocycles. The number of hydrogen-bond acceptors (Lipinski definition) is 6. The first-order valence-electron chi connectivity index (χ1n) is 13.6. The number of nitrogens with zero attached hydrogens (tertiary/aromatic N) is 2. The van der Waals surface area contributed by atoms with Crippen molar-refractivity contribution in [2.75, 3.05) is 31.8 Å². The van der Waals surface area contributed by atoms with Crippen molar-refractivity contribution in [3.63, 3.8) is 0 Å². The molecule has 1 aromatic heterocycles. The molecule has 0 radical (unpaired) electrons. The van der Waals surface area contributed by atoms with Crippen molar-refractivity contribution >= 4 is 17.5 Å². The number of nitrogens with one attached hydrogen (secondary N) is 1. The number of rotatable bonds is 8. The van der Waals surface area contributed by atoms with Gasteiger partial charge in [0.25, 0.3) is 11.5 Å². The predicted molar refractivity (Wildman–Crippen MR) is 147 cm³/mol. The number of methoxy groups -OCH3 is 1. The zero-order valence-corrected chi connectivity index (χ0v) is 23.6. The molecule has 3 heterocycles. The Hall–Kier alpha value is -4.46. The summed E-state index contributed by atoms with van der Waals surface area (Å²) < 4.78 is 83.9. The lowest BCUT2D eigenvalue weighted by Gasteiger charge is -2.21. The van der Waals surface area contributed by atoms with Crippen LogP contribution in [-0.4, -0.2) is 55.7 Å². The topological polar surface area (TPSA) is 99.1 Å². The van der Waals surface area contributed by atoms with E-state index in [0.29, 0.717) is 25.3 Å². The zero-order valence-electron chi connectivity index (χ0n) is 23.6. The molecule has 14 heteroatoms. The minimum atomic E-state index is -4.94. The molecule has 2 aliphatic rings. The molecule has 2 unspecified atom stereocenters. The molecule has 0 bridgehead atoms. The molecule has 3 aromatic rings. The van der Waals surface area contributed by atoms with Gasteiger partial charge in [-0.05, 0) is 49.2 Å². The van der Waals surface area contributed by atoms with Gasteiger partial charge in [-0.1, -0.05) is 0 Å². The van der Waals surface area contributed by atoms with Crippen molar-refractivity contribution < 1.29 is 45.8 Å². The molecule has 3 atom stereocenters. The molecule has 9 nitrogen and oxygen atoms in total. The quantitative estimate of drug-likeness (QED) is 0.377. The van der Waals surface area contributed by atoms with Crippen LogP contribution in [0.15, 0.2) is 53.5 Å². The van der Waals surface area contributed by atoms with Crippen LogP contribution in [0.2, 0.25) is 0 Å². The number of ether oxygens (including phenoxy) is 3. The number of halogens is 5. The number of hydrogen-bond donors (Lipinski definition) is 1. The summed E-state index contributed by atoms with van der Waals surface area (Å²) in [6.45, 7) is 2.66. The molecule has 234 valence electrons. The zero-order chi connectivity index (χ0) is 31.8. The number of anilines is 1. The minimum Gasteiger partial charge on any atom is -0.497 e. The first-order valence-corrected chi connectivity index (χ1v) is 13.6. The molecule has 44 heavy (non-hydrogen) atoms. The Morgan fingerprint density at radius 3 is 2.34 bits per heavy atom. The van der Waals surface area contributed by atoms with Crippen LogP contribution >= 0.6 is 0 Å². The van der Waals surface area contributed by atoms with E-state index in [1.807, 2.05) is 0 Å². The maximum atomic E-state index is 15.3. The summed E-state index contributed by atoms with van der Waals surface area (Å²) >= 11 is 0. The van der Waals surface area contributed by atoms with Crippen molar-refractivity contribution in [2.24, 2.45) is 5.92 Å². The van der Waals surface area contributed by atoms with E-state index in [-0.39, 0.29) is 29.5 Å². The third-order valence-electron chi connectivity index (χ3n) is 7.70. The van der Waals surface area contributed by atoms with Gasteiger partial charge in [-0.15, -0.1) is 13.2 Å². The average molecular weight is 622 g/mol. The van der Waals surface area contributed by atoms with Crippen molar-refractivity contribution in [3.05, 3.63) is 87.3 Å². The van der Waals surface area contributed by atoms with Crippen LogP contribution in [0, 0.1) is 24.5 Å². The summed E-state index contributed by atoms with van der Waals surface area (Å²) in [5, 5.41) is 2.47. The number of aryl methyl sites for hydroxylation is 1. The van der Waals surface area contributed by atoms with Gasteiger partial charge in [0, 0.05) is 61.0 Å². The molecule has 0 spiro atoms. The Bertz CT molecular complexity index is 1600.